The lowest BCUT2D eigenvalue weighted by atomic mass is 9.93. The first-order valence-corrected chi connectivity index (χ1v) is 15.7. The lowest BCUT2D eigenvalue weighted by Crippen LogP contribution is -2.51. The summed E-state index contributed by atoms with van der Waals surface area (Å²) in [4.78, 5) is 29.2. The van der Waals surface area contributed by atoms with Gasteiger partial charge in [-0.1, -0.05) is 40.0 Å². The number of aliphatic hydroxyl groups is 2. The highest BCUT2D eigenvalue weighted by molar-refractivity contribution is 6.02. The molecule has 3 atom stereocenters. The fraction of sp³-hybridized carbons (Fsp3) is 0.588. The summed E-state index contributed by atoms with van der Waals surface area (Å²) in [6, 6.07) is 5.42. The minimum absolute atomic E-state index is 0.00342. The van der Waals surface area contributed by atoms with Crippen LogP contribution in [0.15, 0.2) is 30.3 Å². The molecule has 3 rings (SSSR count). The summed E-state index contributed by atoms with van der Waals surface area (Å²) in [5, 5.41) is 24.9. The van der Waals surface area contributed by atoms with Gasteiger partial charge in [0.05, 0.1) is 18.8 Å². The zero-order valence-electron chi connectivity index (χ0n) is 26.0. The molecule has 7 nitrogen and oxygen atoms in total. The average Bonchev–Trinajstić information content (AvgIpc) is 2.98. The highest BCUT2D eigenvalue weighted by Gasteiger charge is 2.31. The first-order chi connectivity index (χ1) is 20.6. The Bertz CT molecular complexity index is 1190. The number of hydrogen-bond donors (Lipinski definition) is 3. The molecule has 1 aliphatic carbocycles. The van der Waals surface area contributed by atoms with Crippen molar-refractivity contribution in [1.82, 2.24) is 10.2 Å². The van der Waals surface area contributed by atoms with Crippen LogP contribution in [0.4, 0.5) is 8.78 Å². The summed E-state index contributed by atoms with van der Waals surface area (Å²) in [6.07, 6.45) is 4.05. The molecule has 0 aromatic heterocycles. The Morgan fingerprint density at radius 3 is 2.14 bits per heavy atom. The molecule has 1 saturated carbocycles. The molecule has 2 amide bonds. The largest absolute Gasteiger partial charge is 0.388 e. The quantitative estimate of drug-likeness (QED) is 0.250. The molecule has 1 aliphatic rings. The number of hydrogen-bond acceptors (Lipinski definition) is 5. The predicted octanol–water partition coefficient (Wildman–Crippen LogP) is 5.51. The number of ether oxygens (including phenoxy) is 1. The Morgan fingerprint density at radius 1 is 0.953 bits per heavy atom. The van der Waals surface area contributed by atoms with Gasteiger partial charge in [0.15, 0.2) is 0 Å². The Morgan fingerprint density at radius 2 is 1.56 bits per heavy atom. The molecule has 2 aromatic carbocycles. The normalized spacial score (nSPS) is 16.0. The number of halogens is 2. The Labute approximate surface area is 254 Å². The van der Waals surface area contributed by atoms with Crippen LogP contribution in [0.5, 0.6) is 0 Å². The Kier molecular flexibility index (Phi) is 13.5. The summed E-state index contributed by atoms with van der Waals surface area (Å²) in [7, 11) is 0. The van der Waals surface area contributed by atoms with Crippen LogP contribution < -0.4 is 5.32 Å². The van der Waals surface area contributed by atoms with Gasteiger partial charge in [-0.15, -0.1) is 0 Å². The molecule has 0 aliphatic heterocycles. The van der Waals surface area contributed by atoms with E-state index in [4.69, 9.17) is 4.74 Å². The van der Waals surface area contributed by atoms with Gasteiger partial charge in [-0.25, -0.2) is 8.78 Å². The molecule has 1 fully saturated rings. The van der Waals surface area contributed by atoms with Crippen molar-refractivity contribution in [2.24, 2.45) is 0 Å². The summed E-state index contributed by atoms with van der Waals surface area (Å²) in [6.45, 7) is 8.77. The van der Waals surface area contributed by atoms with Crippen LogP contribution >= 0.6 is 0 Å². The number of nitrogens with zero attached hydrogens (tertiary/aromatic N) is 1. The second-order valence-electron chi connectivity index (χ2n) is 11.7. The molecule has 0 unspecified atom stereocenters. The Hall–Kier alpha value is -2.88. The zero-order chi connectivity index (χ0) is 31.5. The average molecular weight is 603 g/mol. The number of carbonyl (C=O) groups is 2. The van der Waals surface area contributed by atoms with Crippen LogP contribution in [-0.4, -0.2) is 71.0 Å². The lowest BCUT2D eigenvalue weighted by molar-refractivity contribution is -0.0764. The molecule has 0 bridgehead atoms. The third-order valence-electron chi connectivity index (χ3n) is 8.05. The minimum Gasteiger partial charge on any atom is -0.388 e. The molecule has 0 heterocycles. The van der Waals surface area contributed by atoms with E-state index < -0.39 is 35.8 Å². The fourth-order valence-corrected chi connectivity index (χ4v) is 5.93. The topological polar surface area (TPSA) is 99.1 Å². The molecular formula is C34H48F2N2O5. The maximum Gasteiger partial charge on any atom is 0.254 e. The van der Waals surface area contributed by atoms with Crippen molar-refractivity contribution >= 4 is 11.8 Å². The van der Waals surface area contributed by atoms with Gasteiger partial charge in [-0.2, -0.15) is 0 Å². The van der Waals surface area contributed by atoms with E-state index in [1.807, 2.05) is 27.7 Å². The molecule has 43 heavy (non-hydrogen) atoms. The van der Waals surface area contributed by atoms with E-state index in [2.05, 4.69) is 5.32 Å². The van der Waals surface area contributed by atoms with E-state index in [9.17, 15) is 28.6 Å². The second-order valence-corrected chi connectivity index (χ2v) is 11.7. The number of aryl methyl sites for hydroxylation is 1. The first kappa shape index (κ1) is 34.6. The van der Waals surface area contributed by atoms with Gasteiger partial charge in [-0.3, -0.25) is 9.59 Å². The van der Waals surface area contributed by atoms with Crippen molar-refractivity contribution in [3.63, 3.8) is 0 Å². The van der Waals surface area contributed by atoms with Crippen molar-refractivity contribution in [3.05, 3.63) is 69.8 Å². The van der Waals surface area contributed by atoms with Crippen LogP contribution in [0.1, 0.15) is 103 Å². The molecule has 0 spiro atoms. The number of nitrogens with one attached hydrogen (secondary N) is 1. The number of rotatable bonds is 15. The predicted molar refractivity (Wildman–Crippen MR) is 163 cm³/mol. The number of benzene rings is 2. The van der Waals surface area contributed by atoms with E-state index in [0.29, 0.717) is 30.6 Å². The molecule has 9 heteroatoms. The van der Waals surface area contributed by atoms with Gasteiger partial charge in [0.2, 0.25) is 0 Å². The first-order valence-electron chi connectivity index (χ1n) is 15.7. The molecule has 3 N–H and O–H groups in total. The smallest absolute Gasteiger partial charge is 0.254 e. The molecule has 0 saturated heterocycles. The monoisotopic (exact) mass is 602 g/mol. The third-order valence-corrected chi connectivity index (χ3v) is 8.05. The van der Waals surface area contributed by atoms with Gasteiger partial charge < -0.3 is 25.2 Å². The zero-order valence-corrected chi connectivity index (χ0v) is 26.0. The highest BCUT2D eigenvalue weighted by Crippen LogP contribution is 2.23. The molecule has 2 aromatic rings. The van der Waals surface area contributed by atoms with Crippen molar-refractivity contribution in [3.8, 4) is 0 Å². The van der Waals surface area contributed by atoms with Gasteiger partial charge in [0, 0.05) is 30.3 Å². The fourth-order valence-electron chi connectivity index (χ4n) is 5.93. The molecule has 0 radical (unpaired) electrons. The summed E-state index contributed by atoms with van der Waals surface area (Å²) < 4.78 is 33.9. The van der Waals surface area contributed by atoms with Crippen molar-refractivity contribution in [2.75, 3.05) is 19.7 Å². The van der Waals surface area contributed by atoms with Crippen molar-refractivity contribution in [2.45, 2.75) is 110 Å². The number of amides is 2. The second kappa shape index (κ2) is 16.8. The molecular weight excluding hydrogens is 554 g/mol. The van der Waals surface area contributed by atoms with Crippen LogP contribution in [0.3, 0.4) is 0 Å². The standard InChI is InChI=1S/C34H48F2N2O5/c1-5-13-38(14-6-2)34(42)29-16-22(4)15-28(27(29)7-3)33(41)37-30(19-23-17-24(35)20-25(36)18-23)32(40)31(39)21-43-26-11-9-8-10-12-26/h15-18,20,26,30-32,39-40H,5-14,19,21H2,1-4H3,(H,37,41)/t30-,31+,32+/m0/s1. The van der Waals surface area contributed by atoms with E-state index in [1.165, 1.54) is 0 Å². The summed E-state index contributed by atoms with van der Waals surface area (Å²) in [5.41, 5.74) is 2.27. The minimum atomic E-state index is -1.49. The van der Waals surface area contributed by atoms with Crippen LogP contribution in [-0.2, 0) is 17.6 Å². The SMILES string of the molecule is CCCN(CCC)C(=O)c1cc(C)cc(C(=O)N[C@@H](Cc2cc(F)cc(F)c2)[C@@H](O)[C@H](O)COC2CCCCC2)c1CC. The van der Waals surface area contributed by atoms with Crippen molar-refractivity contribution in [1.29, 1.82) is 0 Å². The lowest BCUT2D eigenvalue weighted by Gasteiger charge is -2.30. The summed E-state index contributed by atoms with van der Waals surface area (Å²) >= 11 is 0. The third kappa shape index (κ3) is 9.81. The highest BCUT2D eigenvalue weighted by atomic mass is 19.1. The van der Waals surface area contributed by atoms with Gasteiger partial charge in [-0.05, 0) is 86.4 Å². The van der Waals surface area contributed by atoms with E-state index in [-0.39, 0.29) is 36.2 Å². The van der Waals surface area contributed by atoms with Crippen LogP contribution in [0, 0.1) is 18.6 Å². The maximum atomic E-state index is 14.0. The van der Waals surface area contributed by atoms with Gasteiger partial charge >= 0.3 is 0 Å². The van der Waals surface area contributed by atoms with Crippen molar-refractivity contribution < 1.29 is 33.3 Å². The number of carbonyl (C=O) groups excluding carboxylic acids is 2. The molecule has 238 valence electrons. The summed E-state index contributed by atoms with van der Waals surface area (Å²) in [5.74, 6) is -2.25. The Balaban J connectivity index is 1.91. The van der Waals surface area contributed by atoms with Gasteiger partial charge in [0.1, 0.15) is 23.8 Å². The number of aliphatic hydroxyl groups excluding tert-OH is 2. The van der Waals surface area contributed by atoms with Crippen LogP contribution in [0.2, 0.25) is 0 Å². The maximum absolute atomic E-state index is 14.0. The van der Waals surface area contributed by atoms with E-state index >= 15 is 0 Å². The van der Waals surface area contributed by atoms with E-state index in [0.717, 1.165) is 68.7 Å². The van der Waals surface area contributed by atoms with E-state index in [1.54, 1.807) is 17.0 Å². The van der Waals surface area contributed by atoms with Crippen LogP contribution in [0.25, 0.3) is 0 Å². The van der Waals surface area contributed by atoms with Gasteiger partial charge in [0.25, 0.3) is 11.8 Å².